The Morgan fingerprint density at radius 3 is 3.14 bits per heavy atom. The van der Waals surface area contributed by atoms with Gasteiger partial charge in [0.15, 0.2) is 5.13 Å². The number of nitrogens with zero attached hydrogens (tertiary/aromatic N) is 3. The van der Waals surface area contributed by atoms with Gasteiger partial charge in [0.25, 0.3) is 5.56 Å². The van der Waals surface area contributed by atoms with Gasteiger partial charge < -0.3 is 5.32 Å². The van der Waals surface area contributed by atoms with E-state index in [1.807, 2.05) is 0 Å². The van der Waals surface area contributed by atoms with Crippen LogP contribution >= 0.6 is 11.3 Å². The smallest absolute Gasteiger partial charge is 0.267 e. The fraction of sp³-hybridized carbons (Fsp3) is 0.467. The number of carbonyl (C=O) groups is 1. The van der Waals surface area contributed by atoms with E-state index in [4.69, 9.17) is 0 Å². The SMILES string of the molecule is Cc1ccc(=O)n(CC(=O)Nc2nc3c(s2)CC(C)CC3)n1. The second kappa shape index (κ2) is 6.00. The molecule has 0 saturated heterocycles. The third-order valence-electron chi connectivity index (χ3n) is 3.73. The molecule has 6 nitrogen and oxygen atoms in total. The summed E-state index contributed by atoms with van der Waals surface area (Å²) in [7, 11) is 0. The van der Waals surface area contributed by atoms with Crippen molar-refractivity contribution < 1.29 is 4.79 Å². The zero-order chi connectivity index (χ0) is 15.7. The van der Waals surface area contributed by atoms with Crippen LogP contribution in [0.15, 0.2) is 16.9 Å². The summed E-state index contributed by atoms with van der Waals surface area (Å²) in [6.07, 6.45) is 3.15. The molecule has 1 unspecified atom stereocenters. The second-order valence-corrected chi connectivity index (χ2v) is 6.84. The molecule has 2 aromatic heterocycles. The number of anilines is 1. The van der Waals surface area contributed by atoms with Gasteiger partial charge in [0.1, 0.15) is 6.54 Å². The Labute approximate surface area is 132 Å². The minimum atomic E-state index is -0.284. The van der Waals surface area contributed by atoms with Crippen LogP contribution in [0.2, 0.25) is 0 Å². The monoisotopic (exact) mass is 318 g/mol. The van der Waals surface area contributed by atoms with Gasteiger partial charge in [-0.2, -0.15) is 5.10 Å². The Balaban J connectivity index is 1.70. The van der Waals surface area contributed by atoms with Crippen LogP contribution in [0.4, 0.5) is 5.13 Å². The summed E-state index contributed by atoms with van der Waals surface area (Å²) in [4.78, 5) is 29.5. The summed E-state index contributed by atoms with van der Waals surface area (Å²) in [6.45, 7) is 3.92. The van der Waals surface area contributed by atoms with E-state index in [-0.39, 0.29) is 18.0 Å². The van der Waals surface area contributed by atoms with Gasteiger partial charge in [0, 0.05) is 10.9 Å². The lowest BCUT2D eigenvalue weighted by atomic mass is 9.93. The van der Waals surface area contributed by atoms with Crippen molar-refractivity contribution in [1.29, 1.82) is 0 Å². The van der Waals surface area contributed by atoms with Crippen molar-refractivity contribution in [3.8, 4) is 0 Å². The average molecular weight is 318 g/mol. The normalized spacial score (nSPS) is 17.1. The van der Waals surface area contributed by atoms with Crippen molar-refractivity contribution in [2.45, 2.75) is 39.7 Å². The predicted molar refractivity (Wildman–Crippen MR) is 85.2 cm³/mol. The van der Waals surface area contributed by atoms with Crippen molar-refractivity contribution in [1.82, 2.24) is 14.8 Å². The van der Waals surface area contributed by atoms with Gasteiger partial charge in [-0.15, -0.1) is 11.3 Å². The Bertz CT molecular complexity index is 765. The number of hydrogen-bond acceptors (Lipinski definition) is 5. The zero-order valence-corrected chi connectivity index (χ0v) is 13.4. The molecule has 0 saturated carbocycles. The molecule has 1 aliphatic carbocycles. The van der Waals surface area contributed by atoms with E-state index in [0.717, 1.165) is 25.0 Å². The maximum absolute atomic E-state index is 12.1. The van der Waals surface area contributed by atoms with Gasteiger partial charge in [-0.25, -0.2) is 9.67 Å². The molecule has 1 atom stereocenters. The summed E-state index contributed by atoms with van der Waals surface area (Å²) in [5, 5.41) is 7.45. The molecular formula is C15H18N4O2S. The molecule has 1 N–H and O–H groups in total. The molecule has 116 valence electrons. The van der Waals surface area contributed by atoms with E-state index >= 15 is 0 Å². The van der Waals surface area contributed by atoms with Gasteiger partial charge in [0.2, 0.25) is 5.91 Å². The summed E-state index contributed by atoms with van der Waals surface area (Å²) in [5.74, 6) is 0.394. The molecule has 22 heavy (non-hydrogen) atoms. The zero-order valence-electron chi connectivity index (χ0n) is 12.6. The highest BCUT2D eigenvalue weighted by Gasteiger charge is 2.20. The number of fused-ring (bicyclic) bond motifs is 1. The molecule has 0 aromatic carbocycles. The quantitative estimate of drug-likeness (QED) is 0.935. The molecular weight excluding hydrogens is 300 g/mol. The number of rotatable bonds is 3. The van der Waals surface area contributed by atoms with Gasteiger partial charge in [0.05, 0.1) is 11.4 Å². The standard InChI is InChI=1S/C15H18N4O2S/c1-9-3-5-11-12(7-9)22-15(16-11)17-13(20)8-19-14(21)6-4-10(2)18-19/h4,6,9H,3,5,7-8H2,1-2H3,(H,16,17,20). The number of aromatic nitrogens is 3. The number of carbonyl (C=O) groups excluding carboxylic acids is 1. The minimum absolute atomic E-state index is 0.0961. The lowest BCUT2D eigenvalue weighted by molar-refractivity contribution is -0.117. The van der Waals surface area contributed by atoms with Crippen LogP contribution in [-0.2, 0) is 24.2 Å². The van der Waals surface area contributed by atoms with E-state index in [9.17, 15) is 9.59 Å². The molecule has 2 heterocycles. The van der Waals surface area contributed by atoms with E-state index in [1.165, 1.54) is 27.0 Å². The van der Waals surface area contributed by atoms with Crippen LogP contribution in [0.25, 0.3) is 0 Å². The Kier molecular flexibility index (Phi) is 4.06. The summed E-state index contributed by atoms with van der Waals surface area (Å²) in [6, 6.07) is 3.05. The molecule has 0 fully saturated rings. The summed E-state index contributed by atoms with van der Waals surface area (Å²) >= 11 is 1.53. The van der Waals surface area contributed by atoms with Crippen molar-refractivity contribution in [3.63, 3.8) is 0 Å². The third-order valence-corrected chi connectivity index (χ3v) is 4.76. The van der Waals surface area contributed by atoms with Gasteiger partial charge in [-0.1, -0.05) is 6.92 Å². The Morgan fingerprint density at radius 1 is 1.50 bits per heavy atom. The number of amides is 1. The highest BCUT2D eigenvalue weighted by Crippen LogP contribution is 2.31. The first-order valence-electron chi connectivity index (χ1n) is 7.34. The van der Waals surface area contributed by atoms with E-state index in [2.05, 4.69) is 22.3 Å². The molecule has 0 bridgehead atoms. The molecule has 2 aromatic rings. The first-order valence-corrected chi connectivity index (χ1v) is 8.16. The number of nitrogens with one attached hydrogen (secondary N) is 1. The summed E-state index contributed by atoms with van der Waals surface area (Å²) < 4.78 is 1.17. The minimum Gasteiger partial charge on any atom is -0.300 e. The molecule has 7 heteroatoms. The lowest BCUT2D eigenvalue weighted by Crippen LogP contribution is -2.29. The van der Waals surface area contributed by atoms with Crippen LogP contribution in [0, 0.1) is 12.8 Å². The fourth-order valence-corrected chi connectivity index (χ4v) is 3.74. The van der Waals surface area contributed by atoms with Crippen molar-refractivity contribution >= 4 is 22.4 Å². The van der Waals surface area contributed by atoms with Crippen LogP contribution < -0.4 is 10.9 Å². The van der Waals surface area contributed by atoms with Crippen molar-refractivity contribution in [2.75, 3.05) is 5.32 Å². The summed E-state index contributed by atoms with van der Waals surface area (Å²) in [5.41, 5.74) is 1.52. The second-order valence-electron chi connectivity index (χ2n) is 5.76. The van der Waals surface area contributed by atoms with Gasteiger partial charge in [-0.3, -0.25) is 9.59 Å². The van der Waals surface area contributed by atoms with E-state index in [1.54, 1.807) is 13.0 Å². The van der Waals surface area contributed by atoms with Gasteiger partial charge in [-0.05, 0) is 38.2 Å². The predicted octanol–water partition coefficient (Wildman–Crippen LogP) is 1.77. The van der Waals surface area contributed by atoms with Crippen LogP contribution in [0.3, 0.4) is 0 Å². The van der Waals surface area contributed by atoms with E-state index in [0.29, 0.717) is 16.7 Å². The maximum Gasteiger partial charge on any atom is 0.267 e. The van der Waals surface area contributed by atoms with Crippen molar-refractivity contribution in [2.24, 2.45) is 5.92 Å². The Hall–Kier alpha value is -2.02. The molecule has 3 rings (SSSR count). The number of aryl methyl sites for hydroxylation is 2. The number of thiazole rings is 1. The molecule has 0 spiro atoms. The molecule has 0 aliphatic heterocycles. The highest BCUT2D eigenvalue weighted by atomic mass is 32.1. The van der Waals surface area contributed by atoms with Crippen LogP contribution in [-0.4, -0.2) is 20.7 Å². The third kappa shape index (κ3) is 3.24. The molecule has 1 aliphatic rings. The van der Waals surface area contributed by atoms with Crippen LogP contribution in [0.1, 0.15) is 29.6 Å². The largest absolute Gasteiger partial charge is 0.300 e. The van der Waals surface area contributed by atoms with Crippen molar-refractivity contribution in [3.05, 3.63) is 38.8 Å². The van der Waals surface area contributed by atoms with E-state index < -0.39 is 0 Å². The molecule has 0 radical (unpaired) electrons. The van der Waals surface area contributed by atoms with Gasteiger partial charge >= 0.3 is 0 Å². The first-order chi connectivity index (χ1) is 10.5. The number of hydrogen-bond donors (Lipinski definition) is 1. The lowest BCUT2D eigenvalue weighted by Gasteiger charge is -2.15. The first kappa shape index (κ1) is 14.9. The topological polar surface area (TPSA) is 76.9 Å². The average Bonchev–Trinajstić information content (AvgIpc) is 2.84. The Morgan fingerprint density at radius 2 is 2.32 bits per heavy atom. The highest BCUT2D eigenvalue weighted by molar-refractivity contribution is 7.15. The fourth-order valence-electron chi connectivity index (χ4n) is 2.55. The maximum atomic E-state index is 12.1. The van der Waals surface area contributed by atoms with Crippen LogP contribution in [0.5, 0.6) is 0 Å². The molecule has 1 amide bonds.